The van der Waals surface area contributed by atoms with Crippen LogP contribution in [0.1, 0.15) is 12.5 Å². The Balaban J connectivity index is 2.17. The molecule has 3 N–H and O–H groups in total. The van der Waals surface area contributed by atoms with E-state index in [1.165, 1.54) is 21.6 Å². The number of fused-ring (bicyclic) bond motifs is 1. The second-order valence-corrected chi connectivity index (χ2v) is 10.8. The van der Waals surface area contributed by atoms with E-state index in [1.54, 1.807) is 39.2 Å². The topological polar surface area (TPSA) is 135 Å². The Labute approximate surface area is 173 Å². The van der Waals surface area contributed by atoms with Gasteiger partial charge < -0.3 is 10.0 Å². The third-order valence-corrected chi connectivity index (χ3v) is 8.38. The fraction of sp³-hybridized carbons (Fsp3) is 0.353. The molecule has 9 nitrogen and oxygen atoms in total. The van der Waals surface area contributed by atoms with Gasteiger partial charge in [-0.3, -0.25) is 9.11 Å². The van der Waals surface area contributed by atoms with Crippen molar-refractivity contribution in [2.45, 2.75) is 23.1 Å². The molecule has 158 valence electrons. The number of hydrogen-bond donors (Lipinski definition) is 3. The molecule has 1 heterocycles. The van der Waals surface area contributed by atoms with Crippen LogP contribution in [-0.4, -0.2) is 72.8 Å². The standard InChI is InChI=1S/C17H20N2O7S3/c1-10-4-6-13-15(16(10)29(24,25)26)27-17(19(13)9-20)11-5-7-12(18(2)3)14(8-11)28(21,22)23/h4-8,13,15,20H,9H2,1-3H3,(H-,21,22,23,24,25,26)/p+1. The van der Waals surface area contributed by atoms with Crippen molar-refractivity contribution in [1.29, 1.82) is 0 Å². The van der Waals surface area contributed by atoms with E-state index in [2.05, 4.69) is 0 Å². The molecule has 1 aromatic carbocycles. The Morgan fingerprint density at radius 2 is 1.79 bits per heavy atom. The zero-order chi connectivity index (χ0) is 21.7. The fourth-order valence-corrected chi connectivity index (χ4v) is 7.18. The van der Waals surface area contributed by atoms with E-state index >= 15 is 0 Å². The van der Waals surface area contributed by atoms with Gasteiger partial charge in [-0.15, -0.1) is 0 Å². The molecule has 0 saturated heterocycles. The molecular formula is C17H21N2O7S3+. The molecule has 0 bridgehead atoms. The quantitative estimate of drug-likeness (QED) is 0.432. The van der Waals surface area contributed by atoms with Crippen LogP contribution in [0.4, 0.5) is 5.69 Å². The molecule has 12 heteroatoms. The molecular weight excluding hydrogens is 440 g/mol. The molecule has 1 aliphatic heterocycles. The summed E-state index contributed by atoms with van der Waals surface area (Å²) < 4.78 is 68.4. The molecule has 0 saturated carbocycles. The number of benzene rings is 1. The highest BCUT2D eigenvalue weighted by molar-refractivity contribution is 8.15. The maximum absolute atomic E-state index is 11.9. The summed E-state index contributed by atoms with van der Waals surface area (Å²) in [7, 11) is -5.74. The van der Waals surface area contributed by atoms with Gasteiger partial charge in [0.15, 0.2) is 6.04 Å². The van der Waals surface area contributed by atoms with Crippen LogP contribution in [0, 0.1) is 0 Å². The van der Waals surface area contributed by atoms with Crippen molar-refractivity contribution in [2.75, 3.05) is 25.7 Å². The van der Waals surface area contributed by atoms with E-state index in [-0.39, 0.29) is 15.5 Å². The van der Waals surface area contributed by atoms with Gasteiger partial charge in [-0.05, 0) is 48.5 Å². The first-order chi connectivity index (χ1) is 13.4. The summed E-state index contributed by atoms with van der Waals surface area (Å²) in [6.07, 6.45) is 3.29. The first-order valence-electron chi connectivity index (χ1n) is 8.43. The SMILES string of the molecule is CC1=C(S(=O)(=O)O)C2SC(c3ccc(N(C)C)c(S(=O)(=O)O)c3)=[N+](CO)C2C=C1. The molecule has 2 aliphatic rings. The summed E-state index contributed by atoms with van der Waals surface area (Å²) in [5.74, 6) is 0. The summed E-state index contributed by atoms with van der Waals surface area (Å²) in [4.78, 5) is 1.08. The first-order valence-corrected chi connectivity index (χ1v) is 12.2. The number of allylic oxidation sites excluding steroid dienone is 2. The average molecular weight is 462 g/mol. The average Bonchev–Trinajstić information content (AvgIpc) is 2.97. The van der Waals surface area contributed by atoms with Crippen molar-refractivity contribution in [3.63, 3.8) is 0 Å². The zero-order valence-corrected chi connectivity index (χ0v) is 18.3. The zero-order valence-electron chi connectivity index (χ0n) is 15.8. The lowest BCUT2D eigenvalue weighted by molar-refractivity contribution is -0.580. The summed E-state index contributed by atoms with van der Waals surface area (Å²) >= 11 is 1.10. The van der Waals surface area contributed by atoms with Gasteiger partial charge in [0.1, 0.15) is 10.1 Å². The van der Waals surface area contributed by atoms with Gasteiger partial charge in [-0.25, -0.2) is 0 Å². The normalized spacial score (nSPS) is 22.3. The van der Waals surface area contributed by atoms with E-state index in [0.717, 1.165) is 11.8 Å². The molecule has 2 atom stereocenters. The predicted molar refractivity (Wildman–Crippen MR) is 111 cm³/mol. The third kappa shape index (κ3) is 4.00. The van der Waals surface area contributed by atoms with Crippen LogP contribution in [0.2, 0.25) is 0 Å². The van der Waals surface area contributed by atoms with Crippen LogP contribution in [0.25, 0.3) is 0 Å². The van der Waals surface area contributed by atoms with Crippen LogP contribution in [0.15, 0.2) is 45.7 Å². The van der Waals surface area contributed by atoms with Gasteiger partial charge in [0.05, 0.1) is 16.2 Å². The second kappa shape index (κ2) is 7.52. The van der Waals surface area contributed by atoms with Crippen LogP contribution >= 0.6 is 11.8 Å². The predicted octanol–water partition coefficient (Wildman–Crippen LogP) is 0.924. The lowest BCUT2D eigenvalue weighted by Crippen LogP contribution is -2.35. The molecule has 1 aromatic rings. The molecule has 0 fully saturated rings. The molecule has 0 radical (unpaired) electrons. The van der Waals surface area contributed by atoms with E-state index in [0.29, 0.717) is 16.2 Å². The molecule has 2 unspecified atom stereocenters. The maximum Gasteiger partial charge on any atom is 0.296 e. The van der Waals surface area contributed by atoms with Crippen LogP contribution in [-0.2, 0) is 20.2 Å². The van der Waals surface area contributed by atoms with E-state index in [1.807, 2.05) is 0 Å². The van der Waals surface area contributed by atoms with Crippen molar-refractivity contribution in [3.05, 3.63) is 46.4 Å². The van der Waals surface area contributed by atoms with Crippen LogP contribution < -0.4 is 4.90 Å². The van der Waals surface area contributed by atoms with E-state index in [9.17, 15) is 31.0 Å². The Morgan fingerprint density at radius 3 is 2.31 bits per heavy atom. The molecule has 0 aromatic heterocycles. The van der Waals surface area contributed by atoms with Crippen LogP contribution in [0.5, 0.6) is 0 Å². The number of thioether (sulfide) groups is 1. The number of hydrogen-bond acceptors (Lipinski definition) is 7. The van der Waals surface area contributed by atoms with Gasteiger partial charge >= 0.3 is 0 Å². The van der Waals surface area contributed by atoms with Crippen molar-refractivity contribution < 1.29 is 35.6 Å². The monoisotopic (exact) mass is 461 g/mol. The summed E-state index contributed by atoms with van der Waals surface area (Å²) in [5.41, 5.74) is 1.06. The second-order valence-electron chi connectivity index (χ2n) is 6.88. The number of rotatable bonds is 5. The third-order valence-electron chi connectivity index (χ3n) is 4.76. The minimum absolute atomic E-state index is 0.150. The highest BCUT2D eigenvalue weighted by atomic mass is 32.2. The summed E-state index contributed by atoms with van der Waals surface area (Å²) in [6.45, 7) is 1.11. The van der Waals surface area contributed by atoms with Crippen LogP contribution in [0.3, 0.4) is 0 Å². The molecule has 1 aliphatic carbocycles. The first kappa shape index (κ1) is 22.0. The van der Waals surface area contributed by atoms with Crippen molar-refractivity contribution in [2.24, 2.45) is 0 Å². The van der Waals surface area contributed by atoms with Crippen molar-refractivity contribution >= 4 is 42.7 Å². The minimum Gasteiger partial charge on any atom is -0.377 e. The molecule has 29 heavy (non-hydrogen) atoms. The number of aliphatic hydroxyl groups is 1. The van der Waals surface area contributed by atoms with E-state index in [4.69, 9.17) is 0 Å². The highest BCUT2D eigenvalue weighted by Gasteiger charge is 2.49. The maximum atomic E-state index is 11.9. The fourth-order valence-electron chi connectivity index (χ4n) is 3.49. The Kier molecular flexibility index (Phi) is 5.71. The molecule has 3 rings (SSSR count). The smallest absolute Gasteiger partial charge is 0.296 e. The van der Waals surface area contributed by atoms with Gasteiger partial charge in [-0.2, -0.15) is 21.4 Å². The highest BCUT2D eigenvalue weighted by Crippen LogP contribution is 2.41. The Hall–Kier alpha value is -1.70. The number of aliphatic hydroxyl groups excluding tert-OH is 1. The van der Waals surface area contributed by atoms with Gasteiger partial charge in [0.25, 0.3) is 20.2 Å². The van der Waals surface area contributed by atoms with Crippen molar-refractivity contribution in [3.8, 4) is 0 Å². The summed E-state index contributed by atoms with van der Waals surface area (Å²) in [6, 6.07) is 3.87. The van der Waals surface area contributed by atoms with E-state index < -0.39 is 38.3 Å². The number of nitrogens with zero attached hydrogens (tertiary/aromatic N) is 2. The molecule has 0 spiro atoms. The van der Waals surface area contributed by atoms with Gasteiger partial charge in [0, 0.05) is 14.1 Å². The lowest BCUT2D eigenvalue weighted by Gasteiger charge is -2.20. The number of anilines is 1. The van der Waals surface area contributed by atoms with Crippen molar-refractivity contribution in [1.82, 2.24) is 0 Å². The van der Waals surface area contributed by atoms with Gasteiger partial charge in [-0.1, -0.05) is 6.08 Å². The lowest BCUT2D eigenvalue weighted by atomic mass is 10.0. The minimum atomic E-state index is -4.53. The molecule has 0 amide bonds. The van der Waals surface area contributed by atoms with Gasteiger partial charge in [0.2, 0.25) is 11.8 Å². The largest absolute Gasteiger partial charge is 0.377 e. The summed E-state index contributed by atoms with van der Waals surface area (Å²) in [5, 5.41) is 9.64. The Bertz CT molecular complexity index is 1170. The Morgan fingerprint density at radius 1 is 1.14 bits per heavy atom.